The lowest BCUT2D eigenvalue weighted by Gasteiger charge is -2.16. The average molecular weight is 289 g/mol. The zero-order valence-corrected chi connectivity index (χ0v) is 8.99. The maximum Gasteiger partial charge on any atom is 0.418 e. The van der Waals surface area contributed by atoms with Crippen molar-refractivity contribution in [2.75, 3.05) is 0 Å². The van der Waals surface area contributed by atoms with E-state index in [2.05, 4.69) is 15.9 Å². The van der Waals surface area contributed by atoms with Gasteiger partial charge < -0.3 is 5.11 Å². The molecule has 0 radical (unpaired) electrons. The number of alkyl halides is 3. The molecule has 1 aromatic carbocycles. The van der Waals surface area contributed by atoms with Crippen LogP contribution in [0.3, 0.4) is 0 Å². The fraction of sp³-hybridized carbons (Fsp3) is 0.250. The number of aliphatic hydroxyl groups is 1. The largest absolute Gasteiger partial charge is 0.418 e. The summed E-state index contributed by atoms with van der Waals surface area (Å²) in [6, 6.07) is 3.86. The summed E-state index contributed by atoms with van der Waals surface area (Å²) in [6.45, 7) is 0. The molecule has 1 N–H and O–H groups in total. The van der Waals surface area contributed by atoms with Gasteiger partial charge >= 0.3 is 6.18 Å². The molecule has 0 aliphatic rings. The number of aliphatic hydroxyl groups excluding tert-OH is 1. The van der Waals surface area contributed by atoms with Crippen molar-refractivity contribution in [3.8, 4) is 0 Å². The Morgan fingerprint density at radius 2 is 1.93 bits per heavy atom. The third kappa shape index (κ3) is 2.62. The van der Waals surface area contributed by atoms with Gasteiger partial charge in [-0.1, -0.05) is 27.5 Å². The minimum Gasteiger partial charge on any atom is -0.379 e. The molecule has 1 nitrogen and oxygen atoms in total. The topological polar surface area (TPSA) is 20.2 Å². The minimum absolute atomic E-state index is 0.145. The van der Waals surface area contributed by atoms with Crippen LogP contribution in [0.15, 0.2) is 22.7 Å². The van der Waals surface area contributed by atoms with Crippen molar-refractivity contribution in [2.45, 2.75) is 12.3 Å². The van der Waals surface area contributed by atoms with Crippen LogP contribution in [0.2, 0.25) is 5.02 Å². The van der Waals surface area contributed by atoms with Crippen LogP contribution in [-0.4, -0.2) is 11.3 Å². The number of benzene rings is 1. The van der Waals surface area contributed by atoms with Crippen LogP contribution >= 0.6 is 27.5 Å². The Kier molecular flexibility index (Phi) is 3.44. The highest BCUT2D eigenvalue weighted by Gasteiger charge is 2.40. The molecule has 0 aliphatic heterocycles. The van der Waals surface area contributed by atoms with Crippen LogP contribution in [0.5, 0.6) is 0 Å². The second-order valence-electron chi connectivity index (χ2n) is 2.61. The van der Waals surface area contributed by atoms with E-state index in [0.29, 0.717) is 0 Å². The fourth-order valence-electron chi connectivity index (χ4n) is 0.900. The molecule has 6 heteroatoms. The zero-order valence-electron chi connectivity index (χ0n) is 6.65. The van der Waals surface area contributed by atoms with Crippen LogP contribution in [0, 0.1) is 0 Å². The second kappa shape index (κ2) is 4.08. The van der Waals surface area contributed by atoms with Gasteiger partial charge in [0, 0.05) is 15.1 Å². The normalized spacial score (nSPS) is 14.1. The molecule has 0 spiro atoms. The quantitative estimate of drug-likeness (QED) is 0.836. The van der Waals surface area contributed by atoms with Crippen molar-refractivity contribution >= 4 is 27.5 Å². The molecule has 1 rings (SSSR count). The molecule has 1 aromatic rings. The van der Waals surface area contributed by atoms with Crippen molar-refractivity contribution < 1.29 is 18.3 Å². The van der Waals surface area contributed by atoms with Crippen LogP contribution < -0.4 is 0 Å². The van der Waals surface area contributed by atoms with Gasteiger partial charge in [-0.2, -0.15) is 13.2 Å². The molecular weight excluding hydrogens is 284 g/mol. The van der Waals surface area contributed by atoms with Gasteiger partial charge in [-0.3, -0.25) is 0 Å². The lowest BCUT2D eigenvalue weighted by atomic mass is 10.1. The molecule has 1 atom stereocenters. The van der Waals surface area contributed by atoms with Crippen molar-refractivity contribution in [3.05, 3.63) is 33.3 Å². The molecular formula is C8H5BrClF3O. The van der Waals surface area contributed by atoms with E-state index < -0.39 is 12.3 Å². The maximum absolute atomic E-state index is 12.1. The first-order valence-corrected chi connectivity index (χ1v) is 4.69. The van der Waals surface area contributed by atoms with E-state index in [-0.39, 0.29) is 15.1 Å². The van der Waals surface area contributed by atoms with Gasteiger partial charge in [0.25, 0.3) is 0 Å². The van der Waals surface area contributed by atoms with E-state index in [0.717, 1.165) is 6.07 Å². The van der Waals surface area contributed by atoms with Gasteiger partial charge in [0.2, 0.25) is 0 Å². The van der Waals surface area contributed by atoms with Gasteiger partial charge in [-0.05, 0) is 18.2 Å². The van der Waals surface area contributed by atoms with Gasteiger partial charge in [-0.25, -0.2) is 0 Å². The Bertz CT molecular complexity index is 340. The van der Waals surface area contributed by atoms with Crippen molar-refractivity contribution in [1.82, 2.24) is 0 Å². The monoisotopic (exact) mass is 288 g/mol. The molecule has 0 amide bonds. The van der Waals surface area contributed by atoms with E-state index in [1.54, 1.807) is 0 Å². The first kappa shape index (κ1) is 11.8. The van der Waals surface area contributed by atoms with Gasteiger partial charge in [0.05, 0.1) is 0 Å². The maximum atomic E-state index is 12.1. The Hall–Kier alpha value is -0.260. The van der Waals surface area contributed by atoms with Crippen molar-refractivity contribution in [2.24, 2.45) is 0 Å². The zero-order chi connectivity index (χ0) is 10.9. The summed E-state index contributed by atoms with van der Waals surface area (Å²) >= 11 is 8.42. The van der Waals surface area contributed by atoms with Crippen LogP contribution in [-0.2, 0) is 0 Å². The SMILES string of the molecule is O[C@@H](c1cc(Cl)ccc1Br)C(F)(F)F. The van der Waals surface area contributed by atoms with Gasteiger partial charge in [-0.15, -0.1) is 0 Å². The van der Waals surface area contributed by atoms with E-state index in [4.69, 9.17) is 16.7 Å². The molecule has 0 heterocycles. The lowest BCUT2D eigenvalue weighted by molar-refractivity contribution is -0.207. The summed E-state index contributed by atoms with van der Waals surface area (Å²) in [7, 11) is 0. The molecule has 0 saturated heterocycles. The summed E-state index contributed by atoms with van der Waals surface area (Å²) < 4.78 is 36.6. The molecule has 0 unspecified atom stereocenters. The second-order valence-corrected chi connectivity index (χ2v) is 3.90. The third-order valence-corrected chi connectivity index (χ3v) is 2.52. The van der Waals surface area contributed by atoms with Gasteiger partial charge in [0.1, 0.15) is 0 Å². The van der Waals surface area contributed by atoms with Crippen LogP contribution in [0.1, 0.15) is 11.7 Å². The van der Waals surface area contributed by atoms with E-state index in [9.17, 15) is 13.2 Å². The summed E-state index contributed by atoms with van der Waals surface area (Å²) in [5.41, 5.74) is -0.287. The Balaban J connectivity index is 3.12. The molecule has 0 aliphatic carbocycles. The molecule has 78 valence electrons. The predicted octanol–water partition coefficient (Wildman–Crippen LogP) is 3.70. The third-order valence-electron chi connectivity index (χ3n) is 1.56. The van der Waals surface area contributed by atoms with Crippen LogP contribution in [0.25, 0.3) is 0 Å². The first-order chi connectivity index (χ1) is 6.32. The summed E-state index contributed by atoms with van der Waals surface area (Å²) in [6.07, 6.45) is -7.21. The molecule has 0 bridgehead atoms. The summed E-state index contributed by atoms with van der Waals surface area (Å²) in [5.74, 6) is 0. The van der Waals surface area contributed by atoms with Crippen molar-refractivity contribution in [3.63, 3.8) is 0 Å². The van der Waals surface area contributed by atoms with E-state index in [1.807, 2.05) is 0 Å². The first-order valence-electron chi connectivity index (χ1n) is 3.52. The highest BCUT2D eigenvalue weighted by atomic mass is 79.9. The van der Waals surface area contributed by atoms with Crippen molar-refractivity contribution in [1.29, 1.82) is 0 Å². The Morgan fingerprint density at radius 1 is 1.36 bits per heavy atom. The fourth-order valence-corrected chi connectivity index (χ4v) is 1.54. The average Bonchev–Trinajstić information content (AvgIpc) is 2.06. The molecule has 0 aromatic heterocycles. The standard InChI is InChI=1S/C8H5BrClF3O/c9-6-2-1-4(10)3-5(6)7(14)8(11,12)13/h1-3,7,14H/t7-/m0/s1. The van der Waals surface area contributed by atoms with E-state index in [1.165, 1.54) is 12.1 Å². The minimum atomic E-state index is -4.69. The highest BCUT2D eigenvalue weighted by molar-refractivity contribution is 9.10. The Labute approximate surface area is 91.6 Å². The lowest BCUT2D eigenvalue weighted by Crippen LogP contribution is -2.20. The highest BCUT2D eigenvalue weighted by Crippen LogP contribution is 2.36. The summed E-state index contributed by atoms with van der Waals surface area (Å²) in [4.78, 5) is 0. The smallest absolute Gasteiger partial charge is 0.379 e. The number of hydrogen-bond acceptors (Lipinski definition) is 1. The van der Waals surface area contributed by atoms with Gasteiger partial charge in [0.15, 0.2) is 6.10 Å². The number of halogens is 5. The Morgan fingerprint density at radius 3 is 2.43 bits per heavy atom. The van der Waals surface area contributed by atoms with E-state index >= 15 is 0 Å². The predicted molar refractivity (Wildman–Crippen MR) is 50.2 cm³/mol. The number of rotatable bonds is 1. The molecule has 14 heavy (non-hydrogen) atoms. The van der Waals surface area contributed by atoms with Crippen LogP contribution in [0.4, 0.5) is 13.2 Å². The molecule has 0 saturated carbocycles. The number of hydrogen-bond donors (Lipinski definition) is 1. The summed E-state index contributed by atoms with van der Waals surface area (Å²) in [5, 5.41) is 9.09. The molecule has 0 fully saturated rings.